The average molecular weight is 373 g/mol. The van der Waals surface area contributed by atoms with Crippen LogP contribution in [0.25, 0.3) is 0 Å². The predicted molar refractivity (Wildman–Crippen MR) is 101 cm³/mol. The zero-order chi connectivity index (χ0) is 18.9. The lowest BCUT2D eigenvalue weighted by Gasteiger charge is -2.35. The van der Waals surface area contributed by atoms with Crippen LogP contribution in [0.5, 0.6) is 11.5 Å². The second-order valence-corrected chi connectivity index (χ2v) is 8.16. The third kappa shape index (κ3) is 3.10. The highest BCUT2D eigenvalue weighted by Gasteiger charge is 2.35. The molecule has 1 aliphatic rings. The van der Waals surface area contributed by atoms with Gasteiger partial charge in [0.1, 0.15) is 0 Å². The molecule has 0 saturated heterocycles. The van der Waals surface area contributed by atoms with Crippen LogP contribution >= 0.6 is 0 Å². The van der Waals surface area contributed by atoms with E-state index in [-0.39, 0.29) is 0 Å². The maximum atomic E-state index is 13.2. The molecule has 1 heterocycles. The molecule has 0 bridgehead atoms. The topological polar surface area (TPSA) is 55.8 Å². The molecule has 2 aromatic carbocycles. The number of hydrogen-bond donors (Lipinski definition) is 0. The van der Waals surface area contributed by atoms with Gasteiger partial charge in [-0.05, 0) is 48.7 Å². The zero-order valence-electron chi connectivity index (χ0n) is 15.2. The van der Waals surface area contributed by atoms with Crippen LogP contribution < -0.4 is 9.47 Å². The number of benzene rings is 2. The summed E-state index contributed by atoms with van der Waals surface area (Å²) in [7, 11) is -0.472. The van der Waals surface area contributed by atoms with Gasteiger partial charge in [-0.2, -0.15) is 4.31 Å². The largest absolute Gasteiger partial charge is 0.493 e. The van der Waals surface area contributed by atoms with E-state index in [0.717, 1.165) is 16.7 Å². The van der Waals surface area contributed by atoms with Crippen LogP contribution in [-0.4, -0.2) is 33.5 Å². The van der Waals surface area contributed by atoms with Crippen molar-refractivity contribution in [2.75, 3.05) is 20.8 Å². The standard InChI is InChI=1S/C20H23NO4S/c1-5-18-17-13-20(25-4)19(24-3)12-15(17)10-11-21(18)26(22,23)16-8-6-14(2)7-9-16/h5-9,12-13,18H,1,10-11H2,2-4H3/t18-/m1/s1. The number of sulfonamides is 1. The lowest BCUT2D eigenvalue weighted by Crippen LogP contribution is -2.39. The van der Waals surface area contributed by atoms with Crippen molar-refractivity contribution < 1.29 is 17.9 Å². The monoisotopic (exact) mass is 373 g/mol. The highest BCUT2D eigenvalue weighted by atomic mass is 32.2. The molecule has 0 spiro atoms. The second kappa shape index (κ2) is 7.13. The third-order valence-corrected chi connectivity index (χ3v) is 6.62. The Labute approximate surface area is 154 Å². The van der Waals surface area contributed by atoms with E-state index >= 15 is 0 Å². The van der Waals surface area contributed by atoms with Crippen molar-refractivity contribution in [2.24, 2.45) is 0 Å². The summed E-state index contributed by atoms with van der Waals surface area (Å²) in [5.41, 5.74) is 2.94. The first-order valence-electron chi connectivity index (χ1n) is 8.38. The fourth-order valence-electron chi connectivity index (χ4n) is 3.31. The molecule has 0 fully saturated rings. The van der Waals surface area contributed by atoms with E-state index in [0.29, 0.717) is 29.4 Å². The van der Waals surface area contributed by atoms with Crippen molar-refractivity contribution in [2.45, 2.75) is 24.3 Å². The van der Waals surface area contributed by atoms with Gasteiger partial charge in [-0.15, -0.1) is 6.58 Å². The molecule has 0 radical (unpaired) electrons. The lowest BCUT2D eigenvalue weighted by atomic mass is 9.93. The molecule has 1 atom stereocenters. The minimum Gasteiger partial charge on any atom is -0.493 e. The summed E-state index contributed by atoms with van der Waals surface area (Å²) in [6, 6.07) is 10.2. The summed E-state index contributed by atoms with van der Waals surface area (Å²) in [6.45, 7) is 6.19. The van der Waals surface area contributed by atoms with E-state index < -0.39 is 16.1 Å². The van der Waals surface area contributed by atoms with E-state index in [9.17, 15) is 8.42 Å². The fourth-order valence-corrected chi connectivity index (χ4v) is 4.89. The van der Waals surface area contributed by atoms with E-state index in [4.69, 9.17) is 9.47 Å². The van der Waals surface area contributed by atoms with E-state index in [2.05, 4.69) is 6.58 Å². The average Bonchev–Trinajstić information content (AvgIpc) is 2.65. The van der Waals surface area contributed by atoms with Crippen LogP contribution in [0.4, 0.5) is 0 Å². The number of hydrogen-bond acceptors (Lipinski definition) is 4. The Morgan fingerprint density at radius 3 is 2.31 bits per heavy atom. The highest BCUT2D eigenvalue weighted by molar-refractivity contribution is 7.89. The quantitative estimate of drug-likeness (QED) is 0.753. The minimum atomic E-state index is -3.63. The van der Waals surface area contributed by atoms with Crippen LogP contribution in [0.1, 0.15) is 22.7 Å². The zero-order valence-corrected chi connectivity index (χ0v) is 16.0. The Kier molecular flexibility index (Phi) is 5.07. The molecule has 1 aliphatic heterocycles. The lowest BCUT2D eigenvalue weighted by molar-refractivity contribution is 0.336. The maximum absolute atomic E-state index is 13.2. The maximum Gasteiger partial charge on any atom is 0.243 e. The Morgan fingerprint density at radius 2 is 1.73 bits per heavy atom. The molecule has 3 rings (SSSR count). The summed E-state index contributed by atoms with van der Waals surface area (Å²) in [5, 5.41) is 0. The van der Waals surface area contributed by atoms with Crippen molar-refractivity contribution >= 4 is 10.0 Å². The number of nitrogens with zero attached hydrogens (tertiary/aromatic N) is 1. The molecular formula is C20H23NO4S. The second-order valence-electron chi connectivity index (χ2n) is 6.27. The van der Waals surface area contributed by atoms with Gasteiger partial charge in [0.25, 0.3) is 0 Å². The van der Waals surface area contributed by atoms with Gasteiger partial charge in [0.05, 0.1) is 25.2 Å². The summed E-state index contributed by atoms with van der Waals surface area (Å²) >= 11 is 0. The van der Waals surface area contributed by atoms with Gasteiger partial charge in [-0.1, -0.05) is 23.8 Å². The van der Waals surface area contributed by atoms with Gasteiger partial charge in [0.15, 0.2) is 11.5 Å². The van der Waals surface area contributed by atoms with E-state index in [1.807, 2.05) is 31.2 Å². The minimum absolute atomic E-state index is 0.291. The number of aryl methyl sites for hydroxylation is 1. The normalized spacial score (nSPS) is 17.4. The van der Waals surface area contributed by atoms with Crippen LogP contribution in [0.3, 0.4) is 0 Å². The summed E-state index contributed by atoms with van der Waals surface area (Å²) in [4.78, 5) is 0.291. The molecule has 0 unspecified atom stereocenters. The smallest absolute Gasteiger partial charge is 0.243 e. The first-order valence-corrected chi connectivity index (χ1v) is 9.82. The van der Waals surface area contributed by atoms with Crippen LogP contribution in [0.2, 0.25) is 0 Å². The molecule has 0 aromatic heterocycles. The Balaban J connectivity index is 2.07. The Morgan fingerprint density at radius 1 is 1.12 bits per heavy atom. The molecule has 138 valence electrons. The summed E-state index contributed by atoms with van der Waals surface area (Å²) in [5.74, 6) is 1.22. The van der Waals surface area contributed by atoms with Crippen molar-refractivity contribution in [3.63, 3.8) is 0 Å². The molecule has 6 heteroatoms. The van der Waals surface area contributed by atoms with Crippen molar-refractivity contribution in [3.05, 3.63) is 65.7 Å². The molecule has 0 saturated carbocycles. The van der Waals surface area contributed by atoms with Crippen LogP contribution in [-0.2, 0) is 16.4 Å². The number of rotatable bonds is 5. The first kappa shape index (κ1) is 18.5. The van der Waals surface area contributed by atoms with Gasteiger partial charge in [-0.25, -0.2) is 8.42 Å². The molecule has 2 aromatic rings. The van der Waals surface area contributed by atoms with Gasteiger partial charge < -0.3 is 9.47 Å². The molecule has 26 heavy (non-hydrogen) atoms. The van der Waals surface area contributed by atoms with Crippen molar-refractivity contribution in [1.29, 1.82) is 0 Å². The summed E-state index contributed by atoms with van der Waals surface area (Å²) < 4.78 is 38.6. The van der Waals surface area contributed by atoms with Gasteiger partial charge in [0, 0.05) is 6.54 Å². The van der Waals surface area contributed by atoms with Crippen LogP contribution in [0.15, 0.2) is 53.9 Å². The first-order chi connectivity index (χ1) is 12.4. The molecule has 5 nitrogen and oxygen atoms in total. The molecule has 0 N–H and O–H groups in total. The molecule has 0 aliphatic carbocycles. The Bertz CT molecular complexity index is 920. The molecule has 0 amide bonds. The van der Waals surface area contributed by atoms with Gasteiger partial charge in [-0.3, -0.25) is 0 Å². The number of fused-ring (bicyclic) bond motifs is 1. The Hall–Kier alpha value is -2.31. The molecular weight excluding hydrogens is 350 g/mol. The van der Waals surface area contributed by atoms with Crippen LogP contribution in [0, 0.1) is 6.92 Å². The number of ether oxygens (including phenoxy) is 2. The number of methoxy groups -OCH3 is 2. The van der Waals surface area contributed by atoms with Gasteiger partial charge in [0.2, 0.25) is 10.0 Å². The van der Waals surface area contributed by atoms with Crippen molar-refractivity contribution in [1.82, 2.24) is 4.31 Å². The van der Waals surface area contributed by atoms with E-state index in [1.165, 1.54) is 4.31 Å². The third-order valence-electron chi connectivity index (χ3n) is 4.73. The SMILES string of the molecule is C=C[C@@H]1c2cc(OC)c(OC)cc2CCN1S(=O)(=O)c1ccc(C)cc1. The highest BCUT2D eigenvalue weighted by Crippen LogP contribution is 2.40. The fraction of sp³-hybridized carbons (Fsp3) is 0.300. The summed E-state index contributed by atoms with van der Waals surface area (Å²) in [6.07, 6.45) is 2.26. The van der Waals surface area contributed by atoms with E-state index in [1.54, 1.807) is 32.4 Å². The predicted octanol–water partition coefficient (Wildman–Crippen LogP) is 3.49. The van der Waals surface area contributed by atoms with Gasteiger partial charge >= 0.3 is 0 Å². The van der Waals surface area contributed by atoms with Crippen molar-refractivity contribution in [3.8, 4) is 11.5 Å².